The molecule has 2 heterocycles. The Bertz CT molecular complexity index is 1050. The average molecular weight is 428 g/mol. The van der Waals surface area contributed by atoms with Crippen LogP contribution in [0.3, 0.4) is 0 Å². The minimum atomic E-state index is -1.14. The number of aromatic nitrogens is 1. The zero-order valence-corrected chi connectivity index (χ0v) is 17.4. The van der Waals surface area contributed by atoms with Gasteiger partial charge in [0, 0.05) is 60.0 Å². The lowest BCUT2D eigenvalue weighted by Crippen LogP contribution is -2.26. The van der Waals surface area contributed by atoms with E-state index in [1.54, 1.807) is 19.2 Å². The predicted molar refractivity (Wildman–Crippen MR) is 119 cm³/mol. The number of nitrogens with one attached hydrogen (secondary N) is 3. The van der Waals surface area contributed by atoms with Crippen molar-refractivity contribution in [3.8, 4) is 5.75 Å². The molecule has 0 amide bonds. The van der Waals surface area contributed by atoms with Crippen molar-refractivity contribution in [3.63, 3.8) is 0 Å². The van der Waals surface area contributed by atoms with Gasteiger partial charge in [0.1, 0.15) is 11.9 Å². The van der Waals surface area contributed by atoms with Gasteiger partial charge < -0.3 is 26.8 Å². The summed E-state index contributed by atoms with van der Waals surface area (Å²) in [4.78, 5) is 4.25. The van der Waals surface area contributed by atoms with Crippen LogP contribution in [-0.4, -0.2) is 30.6 Å². The summed E-state index contributed by atoms with van der Waals surface area (Å²) in [5, 5.41) is 13.8. The van der Waals surface area contributed by atoms with Gasteiger partial charge in [0.25, 0.3) is 0 Å². The fraction of sp³-hybridized carbons (Fsp3) is 0.273. The van der Waals surface area contributed by atoms with Crippen LogP contribution in [0.1, 0.15) is 36.6 Å². The summed E-state index contributed by atoms with van der Waals surface area (Å²) in [6.07, 6.45) is 2.03. The van der Waals surface area contributed by atoms with Crippen LogP contribution in [0.25, 0.3) is 11.4 Å². The van der Waals surface area contributed by atoms with Crippen molar-refractivity contribution >= 4 is 23.2 Å². The predicted octanol–water partition coefficient (Wildman–Crippen LogP) is 3.11. The first kappa shape index (κ1) is 22.2. The quantitative estimate of drug-likeness (QED) is 0.477. The van der Waals surface area contributed by atoms with E-state index in [0.29, 0.717) is 29.1 Å². The molecule has 2 aromatic rings. The van der Waals surface area contributed by atoms with Crippen LogP contribution in [0.2, 0.25) is 0 Å². The van der Waals surface area contributed by atoms with E-state index in [-0.39, 0.29) is 18.9 Å². The molecule has 1 aliphatic heterocycles. The van der Waals surface area contributed by atoms with Crippen LogP contribution in [0.4, 0.5) is 14.6 Å². The first-order chi connectivity index (χ1) is 14.8. The maximum atomic E-state index is 14.1. The smallest absolute Gasteiger partial charge is 0.207 e. The van der Waals surface area contributed by atoms with Crippen LogP contribution in [0, 0.1) is 11.2 Å². The van der Waals surface area contributed by atoms with Crippen molar-refractivity contribution in [2.45, 2.75) is 20.0 Å². The Balaban J connectivity index is 2.26. The van der Waals surface area contributed by atoms with Crippen LogP contribution >= 0.6 is 0 Å². The number of allylic oxidation sites excluding steroid dienone is 1. The third-order valence-electron chi connectivity index (χ3n) is 4.93. The molecule has 0 saturated carbocycles. The first-order valence-corrected chi connectivity index (χ1v) is 9.92. The van der Waals surface area contributed by atoms with Crippen molar-refractivity contribution in [2.24, 2.45) is 5.73 Å². The van der Waals surface area contributed by atoms with E-state index in [9.17, 15) is 8.78 Å². The molecule has 1 aromatic heterocycles. The summed E-state index contributed by atoms with van der Waals surface area (Å²) >= 11 is 0. The molecular weight excluding hydrogens is 402 g/mol. The number of benzene rings is 1. The maximum absolute atomic E-state index is 14.1. The molecule has 1 aliphatic rings. The van der Waals surface area contributed by atoms with Gasteiger partial charge in [-0.05, 0) is 43.7 Å². The first-order valence-electron chi connectivity index (χ1n) is 9.92. The van der Waals surface area contributed by atoms with E-state index < -0.39 is 17.9 Å². The third kappa shape index (κ3) is 5.00. The number of hydrogen-bond acceptors (Lipinski definition) is 7. The van der Waals surface area contributed by atoms with Gasteiger partial charge in [-0.15, -0.1) is 0 Å². The van der Waals surface area contributed by atoms with Crippen LogP contribution in [0.15, 0.2) is 42.1 Å². The van der Waals surface area contributed by atoms with E-state index in [0.717, 1.165) is 22.9 Å². The number of halogens is 2. The number of anilines is 1. The number of ether oxygens (including phenoxy) is 1. The highest BCUT2D eigenvalue weighted by Gasteiger charge is 2.21. The monoisotopic (exact) mass is 428 g/mol. The fourth-order valence-electron chi connectivity index (χ4n) is 3.48. The standard InChI is InChI=1S/C22H26F2N6O/c1-3-28-21-13-6-19(22(27)30-10-13)31-12(2)17-7-15(23)4-5-16(17)18(8-20(24)26)29-11-14(21)9-25/h4-8,10,12,26,28-29H,3,9,11,25H2,1-2H3,(H2,27,30)/b18-8-,21-14+,26-20?. The maximum Gasteiger partial charge on any atom is 0.207 e. The second kappa shape index (κ2) is 9.57. The molecule has 3 rings (SSSR count). The molecule has 7 N–H and O–H groups in total. The number of nitrogens with zero attached hydrogens (tertiary/aromatic N) is 1. The fourth-order valence-corrected chi connectivity index (χ4v) is 3.48. The number of nitrogens with two attached hydrogens (primary N) is 2. The van der Waals surface area contributed by atoms with Gasteiger partial charge in [-0.2, -0.15) is 4.39 Å². The summed E-state index contributed by atoms with van der Waals surface area (Å²) in [6, 6.07) is 5.88. The van der Waals surface area contributed by atoms with Gasteiger partial charge in [0.2, 0.25) is 5.97 Å². The largest absolute Gasteiger partial charge is 0.482 e. The highest BCUT2D eigenvalue weighted by Crippen LogP contribution is 2.33. The normalized spacial score (nSPS) is 20.0. The molecule has 0 fully saturated rings. The van der Waals surface area contributed by atoms with Gasteiger partial charge in [0.15, 0.2) is 11.6 Å². The second-order valence-corrected chi connectivity index (χ2v) is 7.07. The molecule has 0 saturated heterocycles. The van der Waals surface area contributed by atoms with Crippen molar-refractivity contribution in [2.75, 3.05) is 25.4 Å². The summed E-state index contributed by atoms with van der Waals surface area (Å²) in [5.74, 6) is -1.07. The summed E-state index contributed by atoms with van der Waals surface area (Å²) in [7, 11) is 0. The molecule has 2 bridgehead atoms. The van der Waals surface area contributed by atoms with Gasteiger partial charge in [-0.1, -0.05) is 0 Å². The lowest BCUT2D eigenvalue weighted by Gasteiger charge is -2.24. The van der Waals surface area contributed by atoms with E-state index in [2.05, 4.69) is 15.6 Å². The molecule has 1 aromatic carbocycles. The van der Waals surface area contributed by atoms with Crippen molar-refractivity contribution in [1.29, 1.82) is 5.41 Å². The van der Waals surface area contributed by atoms with Crippen molar-refractivity contribution in [3.05, 3.63) is 64.6 Å². The van der Waals surface area contributed by atoms with Crippen molar-refractivity contribution < 1.29 is 13.5 Å². The average Bonchev–Trinajstić information content (AvgIpc) is 2.73. The van der Waals surface area contributed by atoms with Gasteiger partial charge in [0.05, 0.1) is 0 Å². The molecule has 1 unspecified atom stereocenters. The minimum absolute atomic E-state index is 0.190. The highest BCUT2D eigenvalue weighted by atomic mass is 19.1. The molecule has 0 aliphatic carbocycles. The van der Waals surface area contributed by atoms with Gasteiger partial charge in [-0.25, -0.2) is 9.37 Å². The van der Waals surface area contributed by atoms with E-state index >= 15 is 0 Å². The topological polar surface area (TPSA) is 122 Å². The molecule has 7 nitrogen and oxygen atoms in total. The lowest BCUT2D eigenvalue weighted by molar-refractivity contribution is 0.226. The molecule has 0 radical (unpaired) electrons. The third-order valence-corrected chi connectivity index (χ3v) is 4.93. The van der Waals surface area contributed by atoms with Gasteiger partial charge >= 0.3 is 0 Å². The Morgan fingerprint density at radius 3 is 2.87 bits per heavy atom. The second-order valence-electron chi connectivity index (χ2n) is 7.07. The summed E-state index contributed by atoms with van der Waals surface area (Å²) < 4.78 is 33.7. The van der Waals surface area contributed by atoms with Crippen LogP contribution in [0.5, 0.6) is 5.75 Å². The molecule has 1 atom stereocenters. The summed E-state index contributed by atoms with van der Waals surface area (Å²) in [6.45, 7) is 4.80. The van der Waals surface area contributed by atoms with Crippen molar-refractivity contribution in [1.82, 2.24) is 15.6 Å². The Labute approximate surface area is 179 Å². The van der Waals surface area contributed by atoms with E-state index in [1.165, 1.54) is 18.2 Å². The Morgan fingerprint density at radius 1 is 1.42 bits per heavy atom. The number of pyridine rings is 1. The molecule has 0 spiro atoms. The number of fused-ring (bicyclic) bond motifs is 3. The zero-order valence-electron chi connectivity index (χ0n) is 17.4. The molecule has 164 valence electrons. The Hall–Kier alpha value is -3.46. The number of rotatable bonds is 4. The minimum Gasteiger partial charge on any atom is -0.482 e. The number of nitrogen functional groups attached to an aromatic ring is 1. The Morgan fingerprint density at radius 2 is 2.19 bits per heavy atom. The molecular formula is C22H26F2N6O. The number of hydrogen-bond donors (Lipinski definition) is 5. The summed E-state index contributed by atoms with van der Waals surface area (Å²) in [5.41, 5.74) is 15.6. The SMILES string of the molecule is CCN/C1=C(\CN)CN/C(=C\C(=N)F)c2ccc(F)cc2C(C)Oc2cc1cnc2N. The van der Waals surface area contributed by atoms with E-state index in [1.807, 2.05) is 6.92 Å². The van der Waals surface area contributed by atoms with Crippen LogP contribution in [-0.2, 0) is 0 Å². The van der Waals surface area contributed by atoms with Gasteiger partial charge in [-0.3, -0.25) is 5.41 Å². The lowest BCUT2D eigenvalue weighted by atomic mass is 9.98. The zero-order chi connectivity index (χ0) is 22.5. The highest BCUT2D eigenvalue weighted by molar-refractivity contribution is 5.92. The van der Waals surface area contributed by atoms with E-state index in [4.69, 9.17) is 21.6 Å². The Kier molecular flexibility index (Phi) is 6.86. The molecule has 31 heavy (non-hydrogen) atoms. The molecule has 9 heteroatoms. The van der Waals surface area contributed by atoms with Crippen LogP contribution < -0.4 is 26.8 Å².